The van der Waals surface area contributed by atoms with Crippen molar-refractivity contribution in [3.63, 3.8) is 0 Å². The second kappa shape index (κ2) is 15.6. The average Bonchev–Trinajstić information content (AvgIpc) is 3.75. The lowest BCUT2D eigenvalue weighted by molar-refractivity contribution is 0.0383. The summed E-state index contributed by atoms with van der Waals surface area (Å²) in [4.78, 5) is 14.0. The van der Waals surface area contributed by atoms with E-state index in [9.17, 15) is 0 Å². The van der Waals surface area contributed by atoms with Crippen LogP contribution in [0.2, 0.25) is 0 Å². The van der Waals surface area contributed by atoms with Gasteiger partial charge in [-0.15, -0.1) is 11.3 Å². The van der Waals surface area contributed by atoms with Crippen molar-refractivity contribution in [2.75, 3.05) is 71.2 Å². The van der Waals surface area contributed by atoms with Crippen molar-refractivity contribution in [3.8, 4) is 11.4 Å². The minimum absolute atomic E-state index is 0.753. The number of aromatic nitrogens is 3. The number of hydrogen-bond acceptors (Lipinski definition) is 9. The van der Waals surface area contributed by atoms with Crippen LogP contribution in [-0.4, -0.2) is 85.7 Å². The maximum Gasteiger partial charge on any atom is 0.186 e. The zero-order valence-corrected chi connectivity index (χ0v) is 24.6. The highest BCUT2D eigenvalue weighted by Gasteiger charge is 2.16. The predicted octanol–water partition coefficient (Wildman–Crippen LogP) is 4.03. The molecule has 218 valence electrons. The van der Waals surface area contributed by atoms with Crippen molar-refractivity contribution in [2.24, 2.45) is 0 Å². The fourth-order valence-electron chi connectivity index (χ4n) is 4.80. The summed E-state index contributed by atoms with van der Waals surface area (Å²) < 4.78 is 18.0. The van der Waals surface area contributed by atoms with E-state index in [0.29, 0.717) is 0 Å². The van der Waals surface area contributed by atoms with Crippen LogP contribution in [0, 0.1) is 0 Å². The summed E-state index contributed by atoms with van der Waals surface area (Å²) in [6.45, 7) is 10.0. The summed E-state index contributed by atoms with van der Waals surface area (Å²) in [7, 11) is 1.71. The number of benzene rings is 2. The Labute approximate surface area is 246 Å². The van der Waals surface area contributed by atoms with Crippen LogP contribution < -0.4 is 15.0 Å². The first-order valence-corrected chi connectivity index (χ1v) is 15.1. The Morgan fingerprint density at radius 2 is 1.73 bits per heavy atom. The first-order valence-electron chi connectivity index (χ1n) is 14.2. The van der Waals surface area contributed by atoms with Gasteiger partial charge in [0.05, 0.1) is 45.6 Å². The largest absolute Gasteiger partial charge is 0.497 e. The number of nitrogens with zero attached hydrogens (tertiary/aromatic N) is 5. The molecule has 2 aliphatic rings. The number of hydrogen-bond donors (Lipinski definition) is 1. The van der Waals surface area contributed by atoms with E-state index in [1.807, 2.05) is 29.2 Å². The Kier molecular flexibility index (Phi) is 11.2. The molecule has 0 unspecified atom stereocenters. The Morgan fingerprint density at radius 1 is 0.976 bits per heavy atom. The lowest BCUT2D eigenvalue weighted by Gasteiger charge is -2.26. The molecule has 0 aliphatic carbocycles. The third-order valence-electron chi connectivity index (χ3n) is 7.04. The zero-order valence-electron chi connectivity index (χ0n) is 23.8. The van der Waals surface area contributed by atoms with Crippen LogP contribution in [-0.2, 0) is 29.0 Å². The molecule has 0 amide bonds. The number of anilines is 1. The molecule has 4 aromatic rings. The summed E-state index contributed by atoms with van der Waals surface area (Å²) in [5.74, 6) is 0.870. The van der Waals surface area contributed by atoms with E-state index >= 15 is 0 Å². The van der Waals surface area contributed by atoms with Gasteiger partial charge in [-0.05, 0) is 35.4 Å². The number of methoxy groups -OCH3 is 1. The third kappa shape index (κ3) is 9.11. The molecular formula is C31H40N6O3S. The Balaban J connectivity index is 0.000000500. The summed E-state index contributed by atoms with van der Waals surface area (Å²) >= 11 is 1.72. The summed E-state index contributed by atoms with van der Waals surface area (Å²) in [6.07, 6.45) is 6.55. The monoisotopic (exact) mass is 576 g/mol. The van der Waals surface area contributed by atoms with E-state index in [4.69, 9.17) is 19.2 Å². The van der Waals surface area contributed by atoms with Crippen LogP contribution in [0.25, 0.3) is 5.69 Å². The molecule has 1 N–H and O–H groups in total. The Morgan fingerprint density at radius 3 is 2.41 bits per heavy atom. The van der Waals surface area contributed by atoms with Crippen LogP contribution in [0.1, 0.15) is 16.8 Å². The number of morpholine rings is 2. The topological polar surface area (TPSA) is 76.9 Å². The first kappa shape index (κ1) is 29.2. The molecule has 0 atom stereocenters. The number of nitrogens with one attached hydrogen (secondary N) is 1. The second-order valence-electron chi connectivity index (χ2n) is 10.0. The van der Waals surface area contributed by atoms with Gasteiger partial charge in [0.15, 0.2) is 5.13 Å². The molecule has 4 heterocycles. The van der Waals surface area contributed by atoms with Crippen molar-refractivity contribution >= 4 is 16.5 Å². The zero-order chi connectivity index (χ0) is 28.1. The van der Waals surface area contributed by atoms with Crippen LogP contribution in [0.15, 0.2) is 72.6 Å². The molecule has 41 heavy (non-hydrogen) atoms. The third-order valence-corrected chi connectivity index (χ3v) is 7.99. The molecule has 0 radical (unpaired) electrons. The van der Waals surface area contributed by atoms with Gasteiger partial charge in [-0.2, -0.15) is 0 Å². The van der Waals surface area contributed by atoms with Gasteiger partial charge in [0.25, 0.3) is 0 Å². The molecule has 0 saturated carbocycles. The fraction of sp³-hybridized carbons (Fsp3) is 0.419. The van der Waals surface area contributed by atoms with E-state index in [1.165, 1.54) is 11.1 Å². The maximum absolute atomic E-state index is 5.47. The van der Waals surface area contributed by atoms with Gasteiger partial charge in [0.1, 0.15) is 5.75 Å². The van der Waals surface area contributed by atoms with E-state index in [2.05, 4.69) is 61.9 Å². The van der Waals surface area contributed by atoms with Crippen molar-refractivity contribution in [1.82, 2.24) is 24.8 Å². The SMILES string of the molecule is C1COCCN1.COc1cccc(CN(Cc2cccc(-n3ccnc3)c2)c2nc(CCN3CCOCC3)cs2)c1. The Hall–Kier alpha value is -3.28. The number of ether oxygens (including phenoxy) is 3. The van der Waals surface area contributed by atoms with Crippen LogP contribution >= 0.6 is 11.3 Å². The fourth-order valence-corrected chi connectivity index (χ4v) is 5.66. The van der Waals surface area contributed by atoms with E-state index in [0.717, 1.165) is 101 Å². The molecule has 0 bridgehead atoms. The van der Waals surface area contributed by atoms with Crippen molar-refractivity contribution in [1.29, 1.82) is 0 Å². The van der Waals surface area contributed by atoms with Crippen LogP contribution in [0.4, 0.5) is 5.13 Å². The number of thiazole rings is 1. The molecule has 6 rings (SSSR count). The first-order chi connectivity index (χ1) is 20.3. The van der Waals surface area contributed by atoms with Gasteiger partial charge in [0.2, 0.25) is 0 Å². The van der Waals surface area contributed by atoms with E-state index < -0.39 is 0 Å². The molecule has 0 spiro atoms. The lowest BCUT2D eigenvalue weighted by atomic mass is 10.1. The highest BCUT2D eigenvalue weighted by atomic mass is 32.1. The molecule has 2 fully saturated rings. The standard InChI is InChI=1S/C27H31N5O2S.C4H9NO/c1-33-26-7-3-5-23(17-26)19-32(18-22-4-2-6-25(16-22)31-11-9-28-21-31)27-29-24(20-35-27)8-10-30-12-14-34-15-13-30;1-3-6-4-2-5-1/h2-7,9,11,16-17,20-21H,8,10,12-15,18-19H2,1H3;5H,1-4H2. The lowest BCUT2D eigenvalue weighted by Crippen LogP contribution is -2.37. The molecule has 2 aromatic heterocycles. The van der Waals surface area contributed by atoms with Gasteiger partial charge in [-0.25, -0.2) is 9.97 Å². The number of rotatable bonds is 10. The van der Waals surface area contributed by atoms with Gasteiger partial charge in [0, 0.05) is 75.7 Å². The van der Waals surface area contributed by atoms with Crippen molar-refractivity contribution in [2.45, 2.75) is 19.5 Å². The van der Waals surface area contributed by atoms with Gasteiger partial charge >= 0.3 is 0 Å². The molecule has 10 heteroatoms. The highest BCUT2D eigenvalue weighted by Crippen LogP contribution is 2.26. The van der Waals surface area contributed by atoms with Crippen LogP contribution in [0.3, 0.4) is 0 Å². The summed E-state index contributed by atoms with van der Waals surface area (Å²) in [5, 5.41) is 6.40. The van der Waals surface area contributed by atoms with Gasteiger partial charge in [-0.3, -0.25) is 4.90 Å². The van der Waals surface area contributed by atoms with Crippen molar-refractivity contribution in [3.05, 3.63) is 89.5 Å². The van der Waals surface area contributed by atoms with E-state index in [1.54, 1.807) is 24.6 Å². The van der Waals surface area contributed by atoms with Crippen molar-refractivity contribution < 1.29 is 14.2 Å². The Bertz CT molecular complexity index is 1290. The summed E-state index contributed by atoms with van der Waals surface area (Å²) in [5.41, 5.74) is 4.68. The maximum atomic E-state index is 5.47. The normalized spacial score (nSPS) is 15.6. The van der Waals surface area contributed by atoms with E-state index in [-0.39, 0.29) is 0 Å². The molecule has 2 aromatic carbocycles. The highest BCUT2D eigenvalue weighted by molar-refractivity contribution is 7.13. The smallest absolute Gasteiger partial charge is 0.186 e. The minimum Gasteiger partial charge on any atom is -0.497 e. The molecular weight excluding hydrogens is 536 g/mol. The minimum atomic E-state index is 0.753. The molecule has 2 saturated heterocycles. The molecule has 2 aliphatic heterocycles. The molecule has 9 nitrogen and oxygen atoms in total. The van der Waals surface area contributed by atoms with Gasteiger partial charge in [-0.1, -0.05) is 24.3 Å². The van der Waals surface area contributed by atoms with Crippen LogP contribution in [0.5, 0.6) is 5.75 Å². The predicted molar refractivity (Wildman–Crippen MR) is 163 cm³/mol. The number of imidazole rings is 1. The quantitative estimate of drug-likeness (QED) is 0.303. The second-order valence-corrected chi connectivity index (χ2v) is 10.9. The van der Waals surface area contributed by atoms with Gasteiger partial charge < -0.3 is 29.0 Å². The summed E-state index contributed by atoms with van der Waals surface area (Å²) in [6, 6.07) is 16.9. The average molecular weight is 577 g/mol.